The van der Waals surface area contributed by atoms with Crippen LogP contribution in [-0.4, -0.2) is 46.2 Å². The van der Waals surface area contributed by atoms with Crippen LogP contribution in [0.2, 0.25) is 0 Å². The van der Waals surface area contributed by atoms with Crippen molar-refractivity contribution in [2.45, 2.75) is 63.5 Å². The van der Waals surface area contributed by atoms with Gasteiger partial charge in [-0.25, -0.2) is 4.79 Å². The van der Waals surface area contributed by atoms with Gasteiger partial charge in [0.2, 0.25) is 0 Å². The monoisotopic (exact) mass is 733 g/mol. The molecule has 0 saturated heterocycles. The van der Waals surface area contributed by atoms with Gasteiger partial charge in [0, 0.05) is 11.8 Å². The van der Waals surface area contributed by atoms with Crippen LogP contribution in [0.25, 0.3) is 0 Å². The maximum Gasteiger partial charge on any atom is 0.363 e. The number of nitrogens with zero attached hydrogens (tertiary/aromatic N) is 2. The van der Waals surface area contributed by atoms with Gasteiger partial charge in [-0.1, -0.05) is 115 Å². The van der Waals surface area contributed by atoms with Gasteiger partial charge in [-0.3, -0.25) is 13.9 Å². The Bertz CT molecular complexity index is 1980. The van der Waals surface area contributed by atoms with Gasteiger partial charge < -0.3 is 23.8 Å². The molecule has 1 aliphatic heterocycles. The van der Waals surface area contributed by atoms with Gasteiger partial charge in [0.25, 0.3) is 5.91 Å². The van der Waals surface area contributed by atoms with E-state index in [2.05, 4.69) is 10.3 Å². The SMILES string of the molecule is CC(C)OP(=O)(OC(C)C)[C@@H]1C=C[C@@H](n2ccc(NC(=O)c3ccccc3)nc2=O)[C@@H](COC(c2ccccc2)(c2ccccc2)c2ccccc2)O1. The van der Waals surface area contributed by atoms with E-state index in [1.807, 2.05) is 97.1 Å². The Labute approximate surface area is 310 Å². The minimum Gasteiger partial charge on any atom is -0.358 e. The summed E-state index contributed by atoms with van der Waals surface area (Å²) < 4.78 is 41.5. The van der Waals surface area contributed by atoms with Crippen molar-refractivity contribution in [2.24, 2.45) is 0 Å². The highest BCUT2D eigenvalue weighted by Crippen LogP contribution is 2.57. The first-order chi connectivity index (χ1) is 25.6. The molecule has 0 aliphatic carbocycles. The Balaban J connectivity index is 1.41. The van der Waals surface area contributed by atoms with Gasteiger partial charge >= 0.3 is 13.3 Å². The molecule has 11 heteroatoms. The second kappa shape index (κ2) is 16.8. The Morgan fingerprint density at radius 1 is 0.774 bits per heavy atom. The quantitative estimate of drug-likeness (QED) is 0.0688. The zero-order chi connectivity index (χ0) is 37.4. The molecule has 6 rings (SSSR count). The summed E-state index contributed by atoms with van der Waals surface area (Å²) in [6.07, 6.45) is 3.19. The summed E-state index contributed by atoms with van der Waals surface area (Å²) in [4.78, 5) is 30.7. The molecule has 1 amide bonds. The normalized spacial score (nSPS) is 17.6. The second-order valence-electron chi connectivity index (χ2n) is 13.2. The van der Waals surface area contributed by atoms with E-state index in [-0.39, 0.29) is 12.4 Å². The molecule has 3 atom stereocenters. The highest BCUT2D eigenvalue weighted by Gasteiger charge is 2.45. The van der Waals surface area contributed by atoms with Crippen molar-refractivity contribution < 1.29 is 27.9 Å². The lowest BCUT2D eigenvalue weighted by Crippen LogP contribution is -2.44. The number of anilines is 1. The molecule has 53 heavy (non-hydrogen) atoms. The molecular weight excluding hydrogens is 689 g/mol. The van der Waals surface area contributed by atoms with E-state index in [1.165, 1.54) is 4.57 Å². The van der Waals surface area contributed by atoms with Gasteiger partial charge in [-0.2, -0.15) is 4.98 Å². The molecule has 0 spiro atoms. The summed E-state index contributed by atoms with van der Waals surface area (Å²) in [5.41, 5.74) is 1.35. The molecule has 0 saturated carbocycles. The van der Waals surface area contributed by atoms with E-state index in [9.17, 15) is 14.2 Å². The van der Waals surface area contributed by atoms with Crippen LogP contribution in [-0.2, 0) is 28.7 Å². The maximum absolute atomic E-state index is 14.4. The molecule has 1 aromatic heterocycles. The zero-order valence-corrected chi connectivity index (χ0v) is 31.0. The maximum atomic E-state index is 14.4. The van der Waals surface area contributed by atoms with Crippen molar-refractivity contribution in [1.29, 1.82) is 0 Å². The lowest BCUT2D eigenvalue weighted by Gasteiger charge is -2.40. The van der Waals surface area contributed by atoms with E-state index >= 15 is 0 Å². The number of hydrogen-bond donors (Lipinski definition) is 1. The fraction of sp³-hybridized carbons (Fsp3) is 0.262. The van der Waals surface area contributed by atoms with Gasteiger partial charge in [-0.05, 0) is 68.7 Å². The van der Waals surface area contributed by atoms with Crippen LogP contribution in [0.1, 0.15) is 60.8 Å². The van der Waals surface area contributed by atoms with Crippen LogP contribution >= 0.6 is 7.60 Å². The summed E-state index contributed by atoms with van der Waals surface area (Å²) in [7, 11) is -3.88. The van der Waals surface area contributed by atoms with E-state index < -0.39 is 55.0 Å². The predicted molar refractivity (Wildman–Crippen MR) is 205 cm³/mol. The Morgan fingerprint density at radius 2 is 1.26 bits per heavy atom. The van der Waals surface area contributed by atoms with Crippen LogP contribution in [0.4, 0.5) is 5.82 Å². The first-order valence-electron chi connectivity index (χ1n) is 17.7. The number of ether oxygens (including phenoxy) is 2. The average Bonchev–Trinajstić information content (AvgIpc) is 3.16. The minimum absolute atomic E-state index is 0.0630. The van der Waals surface area contributed by atoms with Crippen molar-refractivity contribution in [1.82, 2.24) is 9.55 Å². The number of amides is 1. The van der Waals surface area contributed by atoms with E-state index in [1.54, 1.807) is 76.4 Å². The van der Waals surface area contributed by atoms with E-state index in [0.29, 0.717) is 5.56 Å². The molecule has 274 valence electrons. The van der Waals surface area contributed by atoms with Gasteiger partial charge in [0.05, 0.1) is 24.9 Å². The number of carbonyl (C=O) groups excluding carboxylic acids is 1. The van der Waals surface area contributed by atoms with Gasteiger partial charge in [0.1, 0.15) is 17.5 Å². The molecule has 10 nitrogen and oxygen atoms in total. The third kappa shape index (κ3) is 8.65. The Morgan fingerprint density at radius 3 is 1.74 bits per heavy atom. The van der Waals surface area contributed by atoms with Crippen LogP contribution in [0, 0.1) is 0 Å². The number of hydrogen-bond acceptors (Lipinski definition) is 8. The smallest absolute Gasteiger partial charge is 0.358 e. The molecule has 0 radical (unpaired) electrons. The second-order valence-corrected chi connectivity index (χ2v) is 15.2. The molecule has 0 bridgehead atoms. The fourth-order valence-electron chi connectivity index (χ4n) is 6.42. The molecule has 0 fully saturated rings. The van der Waals surface area contributed by atoms with Crippen molar-refractivity contribution in [3.8, 4) is 0 Å². The number of carbonyl (C=O) groups is 1. The summed E-state index contributed by atoms with van der Waals surface area (Å²) in [5.74, 6) is -1.39. The molecule has 4 aromatic carbocycles. The molecule has 1 aliphatic rings. The third-order valence-electron chi connectivity index (χ3n) is 8.63. The highest BCUT2D eigenvalue weighted by atomic mass is 31.2. The molecule has 1 N–H and O–H groups in total. The lowest BCUT2D eigenvalue weighted by molar-refractivity contribution is -0.0881. The first kappa shape index (κ1) is 37.8. The minimum atomic E-state index is -3.88. The first-order valence-corrected chi connectivity index (χ1v) is 19.3. The molecule has 5 aromatic rings. The molecule has 2 heterocycles. The topological polar surface area (TPSA) is 118 Å². The predicted octanol–water partition coefficient (Wildman–Crippen LogP) is 8.37. The van der Waals surface area contributed by atoms with Crippen LogP contribution in [0.3, 0.4) is 0 Å². The third-order valence-corrected chi connectivity index (χ3v) is 11.0. The van der Waals surface area contributed by atoms with Crippen molar-refractivity contribution in [3.63, 3.8) is 0 Å². The van der Waals surface area contributed by atoms with Gasteiger partial charge in [-0.15, -0.1) is 0 Å². The average molecular weight is 734 g/mol. The van der Waals surface area contributed by atoms with Gasteiger partial charge in [0.15, 0.2) is 5.85 Å². The molecular formula is C42H44N3O7P. The van der Waals surface area contributed by atoms with E-state index in [4.69, 9.17) is 18.5 Å². The summed E-state index contributed by atoms with van der Waals surface area (Å²) in [6, 6.07) is 39.2. The standard InChI is InChI=1S/C42H44N3O7P/c1-30(2)51-53(48,52-31(3)4)39-26-25-36(45-28-27-38(44-41(45)47)43-40(46)32-17-9-5-10-18-32)37(50-39)29-49-42(33-19-11-6-12-20-33,34-21-13-7-14-22-34)35-23-15-8-16-24-35/h5-28,30-31,36-37,39H,29H2,1-4H3,(H,43,44,46,47)/t36-,37-,39-/m1/s1. The van der Waals surface area contributed by atoms with Crippen LogP contribution in [0.5, 0.6) is 0 Å². The van der Waals surface area contributed by atoms with E-state index in [0.717, 1.165) is 16.7 Å². The largest absolute Gasteiger partial charge is 0.363 e. The number of aromatic nitrogens is 2. The van der Waals surface area contributed by atoms with Crippen molar-refractivity contribution in [3.05, 3.63) is 178 Å². The summed E-state index contributed by atoms with van der Waals surface area (Å²) >= 11 is 0. The fourth-order valence-corrected chi connectivity index (χ4v) is 8.50. The Kier molecular flexibility index (Phi) is 12.0. The summed E-state index contributed by atoms with van der Waals surface area (Å²) in [6.45, 7) is 7.06. The van der Waals surface area contributed by atoms with Crippen molar-refractivity contribution >= 4 is 19.3 Å². The van der Waals surface area contributed by atoms with Crippen LogP contribution < -0.4 is 11.0 Å². The lowest BCUT2D eigenvalue weighted by atomic mass is 9.80. The molecule has 0 unspecified atom stereocenters. The highest BCUT2D eigenvalue weighted by molar-refractivity contribution is 7.54. The van der Waals surface area contributed by atoms with Crippen LogP contribution in [0.15, 0.2) is 151 Å². The number of rotatable bonds is 14. The van der Waals surface area contributed by atoms with Crippen molar-refractivity contribution in [2.75, 3.05) is 11.9 Å². The number of benzene rings is 4. The number of nitrogens with one attached hydrogen (secondary N) is 1. The summed E-state index contributed by atoms with van der Waals surface area (Å²) in [5, 5.41) is 2.70. The zero-order valence-electron chi connectivity index (χ0n) is 30.1. The Hall–Kier alpha value is -4.96.